The molecule has 1 aromatic carbocycles. The second kappa shape index (κ2) is 7.36. The predicted octanol–water partition coefficient (Wildman–Crippen LogP) is 4.31. The zero-order valence-corrected chi connectivity index (χ0v) is 14.9. The van der Waals surface area contributed by atoms with E-state index in [1.165, 1.54) is 11.3 Å². The van der Waals surface area contributed by atoms with E-state index >= 15 is 0 Å². The maximum atomic E-state index is 12.7. The molecule has 2 aromatic rings. The van der Waals surface area contributed by atoms with Gasteiger partial charge in [0.1, 0.15) is 11.8 Å². The first-order valence-electron chi connectivity index (χ1n) is 7.88. The van der Waals surface area contributed by atoms with Gasteiger partial charge in [0.2, 0.25) is 0 Å². The summed E-state index contributed by atoms with van der Waals surface area (Å²) in [4.78, 5) is 27.6. The van der Waals surface area contributed by atoms with Gasteiger partial charge in [0.25, 0.3) is 5.91 Å². The molecule has 0 bridgehead atoms. The monoisotopic (exact) mass is 363 g/mol. The molecular weight excluding hydrogens is 346 g/mol. The number of likely N-dealkylation sites (tertiary alicyclic amines) is 1. The van der Waals surface area contributed by atoms with Crippen LogP contribution in [0.2, 0.25) is 5.02 Å². The van der Waals surface area contributed by atoms with Crippen LogP contribution in [0.15, 0.2) is 35.7 Å². The van der Waals surface area contributed by atoms with Gasteiger partial charge >= 0.3 is 5.97 Å². The number of ether oxygens (including phenoxy) is 1. The van der Waals surface area contributed by atoms with Gasteiger partial charge in [-0.15, -0.1) is 11.3 Å². The van der Waals surface area contributed by atoms with Gasteiger partial charge in [-0.2, -0.15) is 0 Å². The van der Waals surface area contributed by atoms with E-state index in [1.54, 1.807) is 29.2 Å². The molecule has 1 atom stereocenters. The summed E-state index contributed by atoms with van der Waals surface area (Å²) in [6, 6.07) is 8.21. The number of esters is 1. The number of carbonyl (C=O) groups is 2. The maximum absolute atomic E-state index is 12.7. The van der Waals surface area contributed by atoms with Gasteiger partial charge < -0.3 is 9.64 Å². The van der Waals surface area contributed by atoms with E-state index in [4.69, 9.17) is 16.3 Å². The van der Waals surface area contributed by atoms with Gasteiger partial charge in [-0.05, 0) is 61.4 Å². The van der Waals surface area contributed by atoms with Crippen molar-refractivity contribution in [1.82, 2.24) is 4.90 Å². The molecule has 1 aromatic heterocycles. The van der Waals surface area contributed by atoms with Gasteiger partial charge in [-0.1, -0.05) is 17.7 Å². The topological polar surface area (TPSA) is 46.6 Å². The normalized spacial score (nSPS) is 17.6. The third-order valence-corrected chi connectivity index (χ3v) is 5.21. The lowest BCUT2D eigenvalue weighted by Crippen LogP contribution is -2.49. The Hall–Kier alpha value is -1.85. The first-order valence-corrected chi connectivity index (χ1v) is 9.14. The summed E-state index contributed by atoms with van der Waals surface area (Å²) in [5.41, 5.74) is 0.794. The van der Waals surface area contributed by atoms with E-state index in [1.807, 2.05) is 18.4 Å². The third-order valence-electron chi connectivity index (χ3n) is 4.12. The molecule has 2 heterocycles. The molecule has 0 N–H and O–H groups in total. The van der Waals surface area contributed by atoms with Crippen LogP contribution < -0.4 is 4.74 Å². The van der Waals surface area contributed by atoms with Crippen molar-refractivity contribution in [3.8, 4) is 5.75 Å². The molecule has 6 heteroatoms. The highest BCUT2D eigenvalue weighted by Gasteiger charge is 2.34. The van der Waals surface area contributed by atoms with Crippen molar-refractivity contribution >= 4 is 34.8 Å². The quantitative estimate of drug-likeness (QED) is 0.603. The van der Waals surface area contributed by atoms with Crippen LogP contribution in [0.5, 0.6) is 5.75 Å². The summed E-state index contributed by atoms with van der Waals surface area (Å²) in [7, 11) is 0. The van der Waals surface area contributed by atoms with Gasteiger partial charge in [0, 0.05) is 11.6 Å². The largest absolute Gasteiger partial charge is 0.425 e. The summed E-state index contributed by atoms with van der Waals surface area (Å²) < 4.78 is 5.55. The summed E-state index contributed by atoms with van der Waals surface area (Å²) >= 11 is 7.32. The highest BCUT2D eigenvalue weighted by molar-refractivity contribution is 7.12. The lowest BCUT2D eigenvalue weighted by molar-refractivity contribution is -0.140. The number of benzene rings is 1. The van der Waals surface area contributed by atoms with Gasteiger partial charge in [-0.25, -0.2) is 4.79 Å². The zero-order valence-electron chi connectivity index (χ0n) is 13.3. The average molecular weight is 364 g/mol. The minimum atomic E-state index is -0.538. The Morgan fingerprint density at radius 2 is 2.12 bits per heavy atom. The van der Waals surface area contributed by atoms with E-state index in [0.717, 1.165) is 18.4 Å². The fraction of sp³-hybridized carbons (Fsp3) is 0.333. The number of nitrogens with zero attached hydrogens (tertiary/aromatic N) is 1. The molecule has 0 spiro atoms. The van der Waals surface area contributed by atoms with E-state index in [9.17, 15) is 9.59 Å². The van der Waals surface area contributed by atoms with Gasteiger partial charge in [0.15, 0.2) is 0 Å². The van der Waals surface area contributed by atoms with Crippen molar-refractivity contribution in [3.05, 3.63) is 51.2 Å². The van der Waals surface area contributed by atoms with E-state index in [0.29, 0.717) is 28.6 Å². The summed E-state index contributed by atoms with van der Waals surface area (Å²) in [6.45, 7) is 2.42. The molecule has 1 saturated heterocycles. The van der Waals surface area contributed by atoms with Crippen LogP contribution in [0.4, 0.5) is 0 Å². The van der Waals surface area contributed by atoms with Crippen LogP contribution in [0.1, 0.15) is 34.5 Å². The van der Waals surface area contributed by atoms with Crippen molar-refractivity contribution in [3.63, 3.8) is 0 Å². The smallest absolute Gasteiger partial charge is 0.334 e. The van der Waals surface area contributed by atoms with Crippen LogP contribution in [-0.4, -0.2) is 29.4 Å². The van der Waals surface area contributed by atoms with Crippen molar-refractivity contribution in [1.29, 1.82) is 0 Å². The minimum absolute atomic E-state index is 0.0977. The average Bonchev–Trinajstić information content (AvgIpc) is 3.11. The number of amides is 1. The van der Waals surface area contributed by atoms with Crippen LogP contribution >= 0.6 is 22.9 Å². The Kier molecular flexibility index (Phi) is 5.21. The summed E-state index contributed by atoms with van der Waals surface area (Å²) in [5, 5.41) is 2.46. The fourth-order valence-corrected chi connectivity index (χ4v) is 3.77. The van der Waals surface area contributed by atoms with Crippen molar-refractivity contribution in [2.24, 2.45) is 0 Å². The number of thiophene rings is 1. The summed E-state index contributed by atoms with van der Waals surface area (Å²) in [5.74, 6) is 0.00278. The standard InChI is InChI=1S/C18H18ClNO3S/c1-12-11-13(19)7-8-15(12)23-18(22)14-5-2-3-9-20(14)17(21)16-6-4-10-24-16/h4,6-8,10-11,14H,2-3,5,9H2,1H3. The summed E-state index contributed by atoms with van der Waals surface area (Å²) in [6.07, 6.45) is 2.44. The lowest BCUT2D eigenvalue weighted by Gasteiger charge is -2.33. The minimum Gasteiger partial charge on any atom is -0.425 e. The molecule has 1 aliphatic heterocycles. The number of hydrogen-bond donors (Lipinski definition) is 0. The molecule has 0 aliphatic carbocycles. The Balaban J connectivity index is 1.77. The van der Waals surface area contributed by atoms with Gasteiger partial charge in [-0.3, -0.25) is 4.79 Å². The number of carbonyl (C=O) groups excluding carboxylic acids is 2. The lowest BCUT2D eigenvalue weighted by atomic mass is 10.0. The second-order valence-corrected chi connectivity index (χ2v) is 7.20. The maximum Gasteiger partial charge on any atom is 0.334 e. The van der Waals surface area contributed by atoms with Crippen LogP contribution in [0.25, 0.3) is 0 Å². The van der Waals surface area contributed by atoms with Crippen LogP contribution in [-0.2, 0) is 4.79 Å². The number of hydrogen-bond acceptors (Lipinski definition) is 4. The zero-order chi connectivity index (χ0) is 17.1. The molecule has 4 nitrogen and oxygen atoms in total. The predicted molar refractivity (Wildman–Crippen MR) is 94.8 cm³/mol. The van der Waals surface area contributed by atoms with Crippen molar-refractivity contribution < 1.29 is 14.3 Å². The van der Waals surface area contributed by atoms with Crippen molar-refractivity contribution in [2.75, 3.05) is 6.54 Å². The Labute approximate surface area is 150 Å². The Bertz CT molecular complexity index is 745. The molecule has 126 valence electrons. The number of aryl methyl sites for hydroxylation is 1. The third kappa shape index (κ3) is 3.62. The van der Waals surface area contributed by atoms with Crippen molar-refractivity contribution in [2.45, 2.75) is 32.2 Å². The van der Waals surface area contributed by atoms with Crippen LogP contribution in [0.3, 0.4) is 0 Å². The molecule has 1 unspecified atom stereocenters. The van der Waals surface area contributed by atoms with Crippen LogP contribution in [0, 0.1) is 6.92 Å². The first-order chi connectivity index (χ1) is 11.6. The molecule has 1 aliphatic rings. The molecular formula is C18H18ClNO3S. The molecule has 0 saturated carbocycles. The molecule has 1 fully saturated rings. The molecule has 24 heavy (non-hydrogen) atoms. The number of rotatable bonds is 3. The molecule has 0 radical (unpaired) electrons. The second-order valence-electron chi connectivity index (χ2n) is 5.82. The first kappa shape index (κ1) is 17.0. The van der Waals surface area contributed by atoms with E-state index in [-0.39, 0.29) is 11.9 Å². The van der Waals surface area contributed by atoms with Gasteiger partial charge in [0.05, 0.1) is 4.88 Å². The number of piperidine rings is 1. The van der Waals surface area contributed by atoms with E-state index in [2.05, 4.69) is 0 Å². The molecule has 3 rings (SSSR count). The number of halogens is 1. The highest BCUT2D eigenvalue weighted by atomic mass is 35.5. The fourth-order valence-electron chi connectivity index (χ4n) is 2.87. The Morgan fingerprint density at radius 1 is 1.29 bits per heavy atom. The SMILES string of the molecule is Cc1cc(Cl)ccc1OC(=O)C1CCCCN1C(=O)c1cccs1. The Morgan fingerprint density at radius 3 is 2.83 bits per heavy atom. The highest BCUT2D eigenvalue weighted by Crippen LogP contribution is 2.26. The van der Waals surface area contributed by atoms with E-state index < -0.39 is 6.04 Å². The molecule has 1 amide bonds.